The molecular formula is C50H31NOS. The lowest BCUT2D eigenvalue weighted by molar-refractivity contribution is 0.672. The van der Waals surface area contributed by atoms with Gasteiger partial charge < -0.3 is 9.32 Å². The fourth-order valence-electron chi connectivity index (χ4n) is 8.29. The maximum absolute atomic E-state index is 6.73. The molecule has 0 amide bonds. The molecule has 0 aliphatic heterocycles. The minimum absolute atomic E-state index is 0.870. The predicted molar refractivity (Wildman–Crippen MR) is 227 cm³/mol. The van der Waals surface area contributed by atoms with E-state index in [1.54, 1.807) is 0 Å². The topological polar surface area (TPSA) is 16.4 Å². The van der Waals surface area contributed by atoms with Crippen molar-refractivity contribution in [1.29, 1.82) is 0 Å². The predicted octanol–water partition coefficient (Wildman–Crippen LogP) is 15.1. The highest BCUT2D eigenvalue weighted by Crippen LogP contribution is 2.49. The van der Waals surface area contributed by atoms with Crippen LogP contribution < -0.4 is 4.90 Å². The Bertz CT molecular complexity index is 3180. The van der Waals surface area contributed by atoms with Crippen molar-refractivity contribution in [1.82, 2.24) is 0 Å². The smallest absolute Gasteiger partial charge is 0.143 e. The molecular weight excluding hydrogens is 663 g/mol. The quantitative estimate of drug-likeness (QED) is 0.178. The lowest BCUT2D eigenvalue weighted by atomic mass is 9.96. The van der Waals surface area contributed by atoms with E-state index < -0.39 is 0 Å². The number of rotatable bonds is 5. The summed E-state index contributed by atoms with van der Waals surface area (Å²) >= 11 is 1.86. The zero-order chi connectivity index (χ0) is 34.9. The molecule has 11 aromatic rings. The van der Waals surface area contributed by atoms with E-state index in [0.717, 1.165) is 44.4 Å². The lowest BCUT2D eigenvalue weighted by Gasteiger charge is -2.29. The molecule has 0 spiro atoms. The molecule has 2 heterocycles. The molecule has 0 bridgehead atoms. The third kappa shape index (κ3) is 4.71. The highest BCUT2D eigenvalue weighted by molar-refractivity contribution is 7.25. The van der Waals surface area contributed by atoms with Crippen molar-refractivity contribution in [3.05, 3.63) is 188 Å². The summed E-state index contributed by atoms with van der Waals surface area (Å²) in [5, 5.41) is 9.57. The van der Waals surface area contributed by atoms with Crippen molar-refractivity contribution < 1.29 is 4.42 Å². The Balaban J connectivity index is 1.18. The molecule has 0 saturated carbocycles. The van der Waals surface area contributed by atoms with Crippen LogP contribution in [0.5, 0.6) is 0 Å². The minimum atomic E-state index is 0.870. The number of anilines is 3. The van der Waals surface area contributed by atoms with Gasteiger partial charge >= 0.3 is 0 Å². The average Bonchev–Trinajstić information content (AvgIpc) is 3.81. The number of thiophene rings is 1. The second-order valence-electron chi connectivity index (χ2n) is 13.6. The molecule has 0 aliphatic carbocycles. The van der Waals surface area contributed by atoms with E-state index in [4.69, 9.17) is 4.42 Å². The molecule has 0 fully saturated rings. The van der Waals surface area contributed by atoms with Gasteiger partial charge in [-0.1, -0.05) is 140 Å². The lowest BCUT2D eigenvalue weighted by Crippen LogP contribution is -2.11. The van der Waals surface area contributed by atoms with Crippen molar-refractivity contribution in [3.8, 4) is 22.3 Å². The summed E-state index contributed by atoms with van der Waals surface area (Å²) < 4.78 is 9.32. The fraction of sp³-hybridized carbons (Fsp3) is 0. The Morgan fingerprint density at radius 1 is 0.377 bits per heavy atom. The van der Waals surface area contributed by atoms with E-state index in [0.29, 0.717) is 0 Å². The van der Waals surface area contributed by atoms with Gasteiger partial charge in [-0.2, -0.15) is 0 Å². The molecule has 0 atom stereocenters. The van der Waals surface area contributed by atoms with Crippen LogP contribution in [0.1, 0.15) is 0 Å². The van der Waals surface area contributed by atoms with Crippen LogP contribution in [-0.2, 0) is 0 Å². The maximum atomic E-state index is 6.73. The normalized spacial score (nSPS) is 11.8. The molecule has 2 aromatic heterocycles. The van der Waals surface area contributed by atoms with Gasteiger partial charge in [-0.3, -0.25) is 0 Å². The second kappa shape index (κ2) is 11.9. The molecule has 0 saturated heterocycles. The third-order valence-electron chi connectivity index (χ3n) is 10.7. The van der Waals surface area contributed by atoms with Crippen LogP contribution in [0.3, 0.4) is 0 Å². The van der Waals surface area contributed by atoms with Crippen LogP contribution in [0.2, 0.25) is 0 Å². The van der Waals surface area contributed by atoms with Gasteiger partial charge in [0.15, 0.2) is 0 Å². The molecule has 0 radical (unpaired) electrons. The second-order valence-corrected chi connectivity index (χ2v) is 14.7. The highest BCUT2D eigenvalue weighted by atomic mass is 32.1. The van der Waals surface area contributed by atoms with Gasteiger partial charge in [0.05, 0.1) is 16.8 Å². The SMILES string of the molecule is c1ccc(N(c2ccc(-c3cccc4ccccc34)cc2)c2cccc3oc4c5ccccc5ccc4c23)c(-c2cccc3sc4ccccc4c23)c1. The molecule has 2 nitrogen and oxygen atoms in total. The standard InChI is InChI=1S/C50H31NOS/c1-3-15-36-32(12-1)14-9-19-37(36)34-26-29-35(30-27-34)51(44-22-11-23-45-49(44)42-31-28-33-13-2-4-16-38(33)50(42)52-45)43-21-7-5-17-39(43)40-20-10-25-47-48(40)41-18-6-8-24-46(41)53-47/h1-31H. The number of benzene rings is 9. The molecule has 3 heteroatoms. The van der Waals surface area contributed by atoms with Crippen LogP contribution in [0.4, 0.5) is 17.1 Å². The summed E-state index contributed by atoms with van der Waals surface area (Å²) in [7, 11) is 0. The van der Waals surface area contributed by atoms with E-state index in [1.807, 2.05) is 11.3 Å². The van der Waals surface area contributed by atoms with Gasteiger partial charge in [-0.15, -0.1) is 11.3 Å². The Morgan fingerprint density at radius 3 is 1.89 bits per heavy atom. The van der Waals surface area contributed by atoms with Crippen LogP contribution in [0, 0.1) is 0 Å². The molecule has 0 unspecified atom stereocenters. The van der Waals surface area contributed by atoms with Gasteiger partial charge in [0.1, 0.15) is 11.2 Å². The highest BCUT2D eigenvalue weighted by Gasteiger charge is 2.24. The minimum Gasteiger partial charge on any atom is -0.455 e. The summed E-state index contributed by atoms with van der Waals surface area (Å²) in [6.07, 6.45) is 0. The summed E-state index contributed by atoms with van der Waals surface area (Å²) in [6, 6.07) is 68.0. The molecule has 248 valence electrons. The molecule has 11 rings (SSSR count). The largest absolute Gasteiger partial charge is 0.455 e. The van der Waals surface area contributed by atoms with E-state index in [2.05, 4.69) is 193 Å². The van der Waals surface area contributed by atoms with Crippen molar-refractivity contribution in [2.45, 2.75) is 0 Å². The van der Waals surface area contributed by atoms with E-state index in [9.17, 15) is 0 Å². The van der Waals surface area contributed by atoms with Crippen LogP contribution in [-0.4, -0.2) is 0 Å². The zero-order valence-electron chi connectivity index (χ0n) is 28.7. The summed E-state index contributed by atoms with van der Waals surface area (Å²) in [5.41, 5.74) is 9.86. The van der Waals surface area contributed by atoms with Crippen molar-refractivity contribution in [3.63, 3.8) is 0 Å². The van der Waals surface area contributed by atoms with Crippen LogP contribution >= 0.6 is 11.3 Å². The van der Waals surface area contributed by atoms with Gasteiger partial charge in [0, 0.05) is 42.2 Å². The third-order valence-corrected chi connectivity index (χ3v) is 11.8. The van der Waals surface area contributed by atoms with Gasteiger partial charge in [-0.25, -0.2) is 0 Å². The van der Waals surface area contributed by atoms with Crippen LogP contribution in [0.25, 0.3) is 85.9 Å². The first kappa shape index (κ1) is 30.0. The number of hydrogen-bond donors (Lipinski definition) is 0. The first-order chi connectivity index (χ1) is 26.3. The molecule has 0 aliphatic rings. The Labute approximate surface area is 310 Å². The zero-order valence-corrected chi connectivity index (χ0v) is 29.5. The molecule has 53 heavy (non-hydrogen) atoms. The maximum Gasteiger partial charge on any atom is 0.143 e. The first-order valence-corrected chi connectivity index (χ1v) is 18.8. The number of fused-ring (bicyclic) bond motifs is 9. The van der Waals surface area contributed by atoms with Crippen molar-refractivity contribution >= 4 is 92.1 Å². The van der Waals surface area contributed by atoms with Gasteiger partial charge in [0.25, 0.3) is 0 Å². The Hall–Kier alpha value is -6.68. The number of para-hydroxylation sites is 1. The van der Waals surface area contributed by atoms with E-state index in [1.165, 1.54) is 58.6 Å². The van der Waals surface area contributed by atoms with Crippen molar-refractivity contribution in [2.75, 3.05) is 4.90 Å². The Morgan fingerprint density at radius 2 is 1.00 bits per heavy atom. The number of hydrogen-bond acceptors (Lipinski definition) is 3. The Kier molecular flexibility index (Phi) is 6.76. The summed E-state index contributed by atoms with van der Waals surface area (Å²) in [5.74, 6) is 0. The number of nitrogens with zero attached hydrogens (tertiary/aromatic N) is 1. The van der Waals surface area contributed by atoms with E-state index >= 15 is 0 Å². The van der Waals surface area contributed by atoms with Crippen molar-refractivity contribution in [2.24, 2.45) is 0 Å². The average molecular weight is 694 g/mol. The van der Waals surface area contributed by atoms with Gasteiger partial charge in [-0.05, 0) is 81.4 Å². The number of furan rings is 1. The summed E-state index contributed by atoms with van der Waals surface area (Å²) in [6.45, 7) is 0. The molecule has 0 N–H and O–H groups in total. The first-order valence-electron chi connectivity index (χ1n) is 18.0. The van der Waals surface area contributed by atoms with Crippen LogP contribution in [0.15, 0.2) is 192 Å². The van der Waals surface area contributed by atoms with Gasteiger partial charge in [0.2, 0.25) is 0 Å². The fourth-order valence-corrected chi connectivity index (χ4v) is 9.42. The monoisotopic (exact) mass is 693 g/mol. The molecule has 9 aromatic carbocycles. The van der Waals surface area contributed by atoms with E-state index in [-0.39, 0.29) is 0 Å². The summed E-state index contributed by atoms with van der Waals surface area (Å²) in [4.78, 5) is 2.43.